The lowest BCUT2D eigenvalue weighted by Gasteiger charge is -2.18. The van der Waals surface area contributed by atoms with Crippen molar-refractivity contribution in [1.29, 1.82) is 0 Å². The van der Waals surface area contributed by atoms with Crippen molar-refractivity contribution in [1.82, 2.24) is 9.97 Å². The lowest BCUT2D eigenvalue weighted by molar-refractivity contribution is 0.0995. The van der Waals surface area contributed by atoms with Crippen molar-refractivity contribution < 1.29 is 13.9 Å². The third-order valence-corrected chi connectivity index (χ3v) is 2.76. The second-order valence-electron chi connectivity index (χ2n) is 4.35. The smallest absolute Gasteiger partial charge is 0.268 e. The molecule has 0 radical (unpaired) electrons. The van der Waals surface area contributed by atoms with Gasteiger partial charge in [-0.25, -0.2) is 9.37 Å². The van der Waals surface area contributed by atoms with Gasteiger partial charge in [0.2, 0.25) is 0 Å². The number of primary amides is 1. The third-order valence-electron chi connectivity index (χ3n) is 2.76. The molecule has 0 aliphatic carbocycles. The van der Waals surface area contributed by atoms with Gasteiger partial charge in [-0.05, 0) is 12.1 Å². The Morgan fingerprint density at radius 3 is 2.95 bits per heavy atom. The van der Waals surface area contributed by atoms with E-state index in [9.17, 15) is 9.18 Å². The van der Waals surface area contributed by atoms with Crippen molar-refractivity contribution in [2.75, 3.05) is 25.1 Å². The highest BCUT2D eigenvalue weighted by Gasteiger charge is 2.08. The molecule has 7 heteroatoms. The van der Waals surface area contributed by atoms with E-state index in [2.05, 4.69) is 9.97 Å². The fourth-order valence-electron chi connectivity index (χ4n) is 1.63. The maximum absolute atomic E-state index is 13.0. The van der Waals surface area contributed by atoms with Crippen LogP contribution in [-0.2, 0) is 0 Å². The van der Waals surface area contributed by atoms with Gasteiger partial charge in [0.05, 0.1) is 18.9 Å². The maximum Gasteiger partial charge on any atom is 0.268 e. The molecular formula is C14H15FN4O2. The molecule has 21 heavy (non-hydrogen) atoms. The predicted molar refractivity (Wildman–Crippen MR) is 75.7 cm³/mol. The zero-order chi connectivity index (χ0) is 15.2. The van der Waals surface area contributed by atoms with Gasteiger partial charge in [0.15, 0.2) is 0 Å². The molecule has 0 aliphatic heterocycles. The highest BCUT2D eigenvalue weighted by Crippen LogP contribution is 2.12. The van der Waals surface area contributed by atoms with Crippen LogP contribution in [0.5, 0.6) is 5.75 Å². The summed E-state index contributed by atoms with van der Waals surface area (Å²) < 4.78 is 18.4. The topological polar surface area (TPSA) is 81.3 Å². The second kappa shape index (κ2) is 6.65. The summed E-state index contributed by atoms with van der Waals surface area (Å²) >= 11 is 0. The predicted octanol–water partition coefficient (Wildman–Crippen LogP) is 1.23. The van der Waals surface area contributed by atoms with Crippen molar-refractivity contribution in [2.24, 2.45) is 5.73 Å². The number of rotatable bonds is 6. The summed E-state index contributed by atoms with van der Waals surface area (Å²) in [4.78, 5) is 20.8. The molecule has 0 saturated carbocycles. The number of amides is 1. The number of aromatic nitrogens is 2. The van der Waals surface area contributed by atoms with Gasteiger partial charge in [-0.3, -0.25) is 9.78 Å². The highest BCUT2D eigenvalue weighted by molar-refractivity contribution is 5.90. The number of hydrogen-bond donors (Lipinski definition) is 1. The van der Waals surface area contributed by atoms with Gasteiger partial charge in [0, 0.05) is 13.1 Å². The van der Waals surface area contributed by atoms with E-state index < -0.39 is 5.91 Å². The molecule has 1 aromatic carbocycles. The van der Waals surface area contributed by atoms with Crippen LogP contribution in [0.25, 0.3) is 0 Å². The Morgan fingerprint density at radius 2 is 2.24 bits per heavy atom. The van der Waals surface area contributed by atoms with Crippen LogP contribution >= 0.6 is 0 Å². The minimum absolute atomic E-state index is 0.102. The Bertz CT molecular complexity index is 636. The normalized spacial score (nSPS) is 10.2. The van der Waals surface area contributed by atoms with E-state index in [0.29, 0.717) is 24.7 Å². The van der Waals surface area contributed by atoms with Crippen LogP contribution in [0, 0.1) is 5.82 Å². The summed E-state index contributed by atoms with van der Waals surface area (Å²) in [6.07, 6.45) is 2.83. The van der Waals surface area contributed by atoms with Crippen LogP contribution < -0.4 is 15.4 Å². The first kappa shape index (κ1) is 14.7. The summed E-state index contributed by atoms with van der Waals surface area (Å²) in [5, 5.41) is 0. The quantitative estimate of drug-likeness (QED) is 0.865. The van der Waals surface area contributed by atoms with E-state index in [0.717, 1.165) is 0 Å². The number of ether oxygens (including phenoxy) is 1. The maximum atomic E-state index is 13.0. The number of nitrogens with zero attached hydrogens (tertiary/aromatic N) is 3. The fourth-order valence-corrected chi connectivity index (χ4v) is 1.63. The third kappa shape index (κ3) is 4.13. The van der Waals surface area contributed by atoms with Gasteiger partial charge in [0.25, 0.3) is 5.91 Å². The molecule has 1 heterocycles. The summed E-state index contributed by atoms with van der Waals surface area (Å²) in [7, 11) is 1.78. The van der Waals surface area contributed by atoms with Gasteiger partial charge in [-0.2, -0.15) is 0 Å². The average molecular weight is 290 g/mol. The zero-order valence-electron chi connectivity index (χ0n) is 11.5. The van der Waals surface area contributed by atoms with Crippen molar-refractivity contribution in [2.45, 2.75) is 0 Å². The summed E-state index contributed by atoms with van der Waals surface area (Å²) in [5.74, 6) is -0.0100. The van der Waals surface area contributed by atoms with E-state index in [4.69, 9.17) is 10.5 Å². The van der Waals surface area contributed by atoms with Crippen LogP contribution in [0.2, 0.25) is 0 Å². The Labute approximate surface area is 121 Å². The molecule has 2 rings (SSSR count). The van der Waals surface area contributed by atoms with E-state index >= 15 is 0 Å². The Kier molecular flexibility index (Phi) is 4.65. The molecule has 0 unspecified atom stereocenters. The molecule has 0 saturated heterocycles. The Balaban J connectivity index is 1.91. The van der Waals surface area contributed by atoms with Crippen molar-refractivity contribution in [3.8, 4) is 5.75 Å². The molecule has 1 amide bonds. The number of anilines is 1. The lowest BCUT2D eigenvalue weighted by atomic mass is 10.3. The van der Waals surface area contributed by atoms with E-state index in [1.807, 2.05) is 0 Å². The lowest BCUT2D eigenvalue weighted by Crippen LogP contribution is -2.26. The average Bonchev–Trinajstić information content (AvgIpc) is 2.47. The second-order valence-corrected chi connectivity index (χ2v) is 4.35. The zero-order valence-corrected chi connectivity index (χ0v) is 11.5. The van der Waals surface area contributed by atoms with Crippen molar-refractivity contribution >= 4 is 11.7 Å². The molecule has 110 valence electrons. The molecule has 6 nitrogen and oxygen atoms in total. The van der Waals surface area contributed by atoms with Crippen LogP contribution in [0.15, 0.2) is 36.7 Å². The summed E-state index contributed by atoms with van der Waals surface area (Å²) in [6.45, 7) is 0.829. The number of carbonyl (C=O) groups is 1. The minimum Gasteiger partial charge on any atom is -0.492 e. The van der Waals surface area contributed by atoms with Gasteiger partial charge < -0.3 is 15.4 Å². The number of benzene rings is 1. The van der Waals surface area contributed by atoms with Crippen molar-refractivity contribution in [3.05, 3.63) is 48.2 Å². The largest absolute Gasteiger partial charge is 0.492 e. The van der Waals surface area contributed by atoms with Crippen LogP contribution in [0.1, 0.15) is 10.5 Å². The van der Waals surface area contributed by atoms with Crippen LogP contribution in [-0.4, -0.2) is 36.1 Å². The van der Waals surface area contributed by atoms with Crippen LogP contribution in [0.3, 0.4) is 0 Å². The summed E-state index contributed by atoms with van der Waals surface area (Å²) in [5.41, 5.74) is 5.26. The Hall–Kier alpha value is -2.70. The van der Waals surface area contributed by atoms with Gasteiger partial charge in [-0.1, -0.05) is 6.07 Å². The number of likely N-dealkylation sites (N-methyl/N-ethyl adjacent to an activating group) is 1. The molecule has 0 spiro atoms. The van der Waals surface area contributed by atoms with Gasteiger partial charge in [-0.15, -0.1) is 0 Å². The fraction of sp³-hybridized carbons (Fsp3) is 0.214. The molecule has 1 aromatic heterocycles. The van der Waals surface area contributed by atoms with E-state index in [1.165, 1.54) is 24.5 Å². The van der Waals surface area contributed by atoms with Crippen LogP contribution in [0.4, 0.5) is 10.2 Å². The first-order valence-electron chi connectivity index (χ1n) is 6.27. The monoisotopic (exact) mass is 290 g/mol. The first-order chi connectivity index (χ1) is 10.1. The highest BCUT2D eigenvalue weighted by atomic mass is 19.1. The molecule has 0 aliphatic rings. The first-order valence-corrected chi connectivity index (χ1v) is 6.27. The van der Waals surface area contributed by atoms with E-state index in [1.54, 1.807) is 24.1 Å². The van der Waals surface area contributed by atoms with E-state index in [-0.39, 0.29) is 11.5 Å². The number of halogens is 1. The SMILES string of the molecule is CN(CCOc1cccc(F)c1)c1cncc(C(N)=O)n1. The van der Waals surface area contributed by atoms with Crippen molar-refractivity contribution in [3.63, 3.8) is 0 Å². The molecule has 0 fully saturated rings. The standard InChI is InChI=1S/C14H15FN4O2/c1-19(13-9-17-8-12(18-13)14(16)20)5-6-21-11-4-2-3-10(15)7-11/h2-4,7-9H,5-6H2,1H3,(H2,16,20). The molecule has 0 bridgehead atoms. The molecule has 0 atom stereocenters. The molecular weight excluding hydrogens is 275 g/mol. The van der Waals surface area contributed by atoms with Gasteiger partial charge >= 0.3 is 0 Å². The number of hydrogen-bond acceptors (Lipinski definition) is 5. The number of nitrogens with two attached hydrogens (primary N) is 1. The summed E-state index contributed by atoms with van der Waals surface area (Å²) in [6, 6.07) is 5.92. The van der Waals surface area contributed by atoms with Gasteiger partial charge in [0.1, 0.15) is 29.7 Å². The number of carbonyl (C=O) groups excluding carboxylic acids is 1. The minimum atomic E-state index is -0.631. The molecule has 2 N–H and O–H groups in total. The Morgan fingerprint density at radius 1 is 1.43 bits per heavy atom. The molecule has 2 aromatic rings.